The number of ether oxygens (including phenoxy) is 1. The smallest absolute Gasteiger partial charge is 0.376 e. The van der Waals surface area contributed by atoms with Crippen molar-refractivity contribution in [2.24, 2.45) is 35.5 Å². The van der Waals surface area contributed by atoms with Crippen LogP contribution in [0.2, 0.25) is 0 Å². The molecule has 0 unspecified atom stereocenters. The third-order valence-corrected chi connectivity index (χ3v) is 16.0. The van der Waals surface area contributed by atoms with E-state index >= 15 is 0 Å². The lowest BCUT2D eigenvalue weighted by Crippen LogP contribution is -2.52. The second-order valence-corrected chi connectivity index (χ2v) is 19.6. The third kappa shape index (κ3) is 9.13. The summed E-state index contributed by atoms with van der Waals surface area (Å²) in [6.45, 7) is -1.62. The van der Waals surface area contributed by atoms with Gasteiger partial charge >= 0.3 is 31.1 Å². The Labute approximate surface area is 320 Å². The Morgan fingerprint density at radius 2 is 1.13 bits per heavy atom. The molecule has 0 radical (unpaired) electrons. The predicted molar refractivity (Wildman–Crippen MR) is 194 cm³/mol. The maximum atomic E-state index is 14.4. The zero-order valence-corrected chi connectivity index (χ0v) is 32.3. The van der Waals surface area contributed by atoms with Gasteiger partial charge in [0.15, 0.2) is 0 Å². The molecular weight excluding hydrogens is 771 g/mol. The van der Waals surface area contributed by atoms with Crippen molar-refractivity contribution in [1.82, 2.24) is 8.61 Å². The first-order chi connectivity index (χ1) is 26.0. The van der Waals surface area contributed by atoms with E-state index in [1.165, 1.54) is 0 Å². The van der Waals surface area contributed by atoms with Crippen molar-refractivity contribution in [2.75, 3.05) is 19.7 Å². The first kappa shape index (κ1) is 42.1. The fourth-order valence-corrected chi connectivity index (χ4v) is 12.7. The SMILES string of the molecule is O=C(Cc1ccccc1)[C@@H]1[C@H]2CCCC[C@@H]2C[C@@H]1N(CCCN([C@H]1C[C@H]2CCCC[C@@H]2[C@H]1COCc1ccccc1)S(=O)(=O)C(F)(F)F)S(=O)(=O)C(F)(F)F. The number of hydrogen-bond donors (Lipinski definition) is 0. The molecule has 0 amide bonds. The normalized spacial score (nSPS) is 29.0. The van der Waals surface area contributed by atoms with Gasteiger partial charge in [0.1, 0.15) is 5.78 Å². The van der Waals surface area contributed by atoms with Crippen molar-refractivity contribution in [1.29, 1.82) is 0 Å². The van der Waals surface area contributed by atoms with Crippen LogP contribution in [0.25, 0.3) is 0 Å². The first-order valence-corrected chi connectivity index (χ1v) is 22.2. The molecule has 0 aromatic heterocycles. The van der Waals surface area contributed by atoms with Gasteiger partial charge in [-0.3, -0.25) is 4.79 Å². The molecule has 4 saturated carbocycles. The summed E-state index contributed by atoms with van der Waals surface area (Å²) in [5.41, 5.74) is -10.0. The number of sulfonamides is 2. The largest absolute Gasteiger partial charge is 0.511 e. The molecule has 0 saturated heterocycles. The lowest BCUT2D eigenvalue weighted by atomic mass is 9.76. The van der Waals surface area contributed by atoms with Crippen LogP contribution >= 0.6 is 0 Å². The average molecular weight is 821 g/mol. The van der Waals surface area contributed by atoms with Crippen LogP contribution in [0.4, 0.5) is 26.3 Å². The minimum absolute atomic E-state index is 0.00253. The molecule has 0 heterocycles. The summed E-state index contributed by atoms with van der Waals surface area (Å²) in [5, 5.41) is 0. The van der Waals surface area contributed by atoms with E-state index < -0.39 is 74.5 Å². The zero-order chi connectivity index (χ0) is 39.6. The highest BCUT2D eigenvalue weighted by Gasteiger charge is 2.59. The number of benzene rings is 2. The van der Waals surface area contributed by atoms with Crippen LogP contribution in [0.15, 0.2) is 60.7 Å². The van der Waals surface area contributed by atoms with Gasteiger partial charge in [-0.15, -0.1) is 0 Å². The predicted octanol–water partition coefficient (Wildman–Crippen LogP) is 8.10. The molecule has 2 aromatic carbocycles. The molecule has 0 spiro atoms. The van der Waals surface area contributed by atoms with Gasteiger partial charge in [0.2, 0.25) is 0 Å². The van der Waals surface area contributed by atoms with Crippen LogP contribution in [0.5, 0.6) is 0 Å². The van der Waals surface area contributed by atoms with E-state index in [1.54, 1.807) is 30.3 Å². The van der Waals surface area contributed by atoms with E-state index in [9.17, 15) is 48.0 Å². The summed E-state index contributed by atoms with van der Waals surface area (Å²) < 4.78 is 147. The summed E-state index contributed by atoms with van der Waals surface area (Å²) in [6, 6.07) is 15.2. The number of carbonyl (C=O) groups is 1. The third-order valence-electron chi connectivity index (χ3n) is 12.7. The van der Waals surface area contributed by atoms with Crippen LogP contribution in [0, 0.1) is 35.5 Å². The van der Waals surface area contributed by atoms with Gasteiger partial charge in [-0.05, 0) is 66.9 Å². The van der Waals surface area contributed by atoms with Crippen molar-refractivity contribution in [2.45, 2.75) is 107 Å². The lowest BCUT2D eigenvalue weighted by molar-refractivity contribution is -0.125. The Morgan fingerprint density at radius 3 is 1.69 bits per heavy atom. The van der Waals surface area contributed by atoms with E-state index in [0.717, 1.165) is 31.2 Å². The molecule has 8 nitrogen and oxygen atoms in total. The van der Waals surface area contributed by atoms with Crippen molar-refractivity contribution in [3.8, 4) is 0 Å². The Balaban J connectivity index is 1.29. The Bertz CT molecular complexity index is 1810. The van der Waals surface area contributed by atoms with Gasteiger partial charge in [-0.25, -0.2) is 16.8 Å². The van der Waals surface area contributed by atoms with E-state index in [2.05, 4.69) is 0 Å². The minimum Gasteiger partial charge on any atom is -0.376 e. The van der Waals surface area contributed by atoms with E-state index in [0.29, 0.717) is 35.6 Å². The number of hydrogen-bond acceptors (Lipinski definition) is 6. The van der Waals surface area contributed by atoms with Gasteiger partial charge < -0.3 is 4.74 Å². The molecule has 4 aliphatic rings. The van der Waals surface area contributed by atoms with Crippen LogP contribution in [-0.2, 0) is 42.6 Å². The number of rotatable bonds is 15. The van der Waals surface area contributed by atoms with Crippen LogP contribution in [0.1, 0.15) is 81.8 Å². The number of nitrogens with zero attached hydrogens (tertiary/aromatic N) is 2. The van der Waals surface area contributed by atoms with Crippen LogP contribution in [0.3, 0.4) is 0 Å². The van der Waals surface area contributed by atoms with Crippen molar-refractivity contribution < 1.29 is 52.7 Å². The summed E-state index contributed by atoms with van der Waals surface area (Å²) in [5.74, 6) is -2.77. The van der Waals surface area contributed by atoms with Crippen molar-refractivity contribution in [3.05, 3.63) is 71.8 Å². The van der Waals surface area contributed by atoms with Gasteiger partial charge in [-0.1, -0.05) is 99.2 Å². The summed E-state index contributed by atoms with van der Waals surface area (Å²) in [4.78, 5) is 14.0. The number of ketones is 1. The van der Waals surface area contributed by atoms with E-state index in [-0.39, 0.29) is 66.2 Å². The highest BCUT2D eigenvalue weighted by molar-refractivity contribution is 7.90. The fourth-order valence-electron chi connectivity index (χ4n) is 10.3. The molecule has 306 valence electrons. The van der Waals surface area contributed by atoms with Crippen molar-refractivity contribution in [3.63, 3.8) is 0 Å². The maximum Gasteiger partial charge on any atom is 0.511 e. The molecule has 0 aliphatic heterocycles. The number of fused-ring (bicyclic) bond motifs is 2. The summed E-state index contributed by atoms with van der Waals surface area (Å²) >= 11 is 0. The van der Waals surface area contributed by atoms with E-state index in [4.69, 9.17) is 4.74 Å². The standard InChI is InChI=1S/C39H50F6N2O6S2/c40-38(41,42)54(49,50)46(34-23-29-16-7-9-18-31(29)33(34)26-53-25-28-14-5-2-6-15-28)20-11-21-47(55(51,52)39(43,44)45)35-24-30-17-8-10-19-32(30)37(35)36(48)22-27-12-3-1-4-13-27/h1-6,12-15,29-35,37H,7-11,16-26H2/t29-,30-,31+,32+,33-,34+,35+,37-/m1/s1. The number of carbonyl (C=O) groups excluding carboxylic acids is 1. The fraction of sp³-hybridized carbons (Fsp3) is 0.667. The molecule has 4 fully saturated rings. The molecular formula is C39H50F6N2O6S2. The van der Waals surface area contributed by atoms with Crippen LogP contribution < -0.4 is 0 Å². The molecule has 6 rings (SSSR count). The molecule has 16 heteroatoms. The molecule has 8 atom stereocenters. The Kier molecular flexibility index (Phi) is 13.1. The van der Waals surface area contributed by atoms with Crippen LogP contribution in [-0.4, -0.2) is 74.0 Å². The zero-order valence-electron chi connectivity index (χ0n) is 30.6. The number of alkyl halides is 6. The number of halogens is 6. The Hall–Kier alpha value is -2.53. The topological polar surface area (TPSA) is 101 Å². The summed E-state index contributed by atoms with van der Waals surface area (Å²) in [6.07, 6.45) is 5.11. The monoisotopic (exact) mass is 820 g/mol. The molecule has 55 heavy (non-hydrogen) atoms. The molecule has 0 bridgehead atoms. The maximum absolute atomic E-state index is 14.4. The lowest BCUT2D eigenvalue weighted by Gasteiger charge is -2.36. The second kappa shape index (κ2) is 17.1. The minimum atomic E-state index is -6.08. The highest BCUT2D eigenvalue weighted by Crippen LogP contribution is 2.51. The highest BCUT2D eigenvalue weighted by atomic mass is 32.2. The second-order valence-electron chi connectivity index (χ2n) is 15.8. The summed E-state index contributed by atoms with van der Waals surface area (Å²) in [7, 11) is -12.1. The van der Waals surface area contributed by atoms with Gasteiger partial charge in [0, 0.05) is 43.4 Å². The quantitative estimate of drug-likeness (QED) is 0.169. The van der Waals surface area contributed by atoms with Gasteiger partial charge in [-0.2, -0.15) is 35.0 Å². The molecule has 0 N–H and O–H groups in total. The molecule has 4 aliphatic carbocycles. The van der Waals surface area contributed by atoms with E-state index in [1.807, 2.05) is 30.3 Å². The number of Topliss-reactive ketones (excluding diaryl/α,β-unsaturated/α-hetero) is 1. The Morgan fingerprint density at radius 1 is 0.655 bits per heavy atom. The first-order valence-electron chi connectivity index (χ1n) is 19.3. The average Bonchev–Trinajstić information content (AvgIpc) is 3.70. The van der Waals surface area contributed by atoms with Gasteiger partial charge in [0.05, 0.1) is 13.2 Å². The van der Waals surface area contributed by atoms with Gasteiger partial charge in [0.25, 0.3) is 0 Å². The van der Waals surface area contributed by atoms with Crippen molar-refractivity contribution >= 4 is 25.8 Å². The molecule has 2 aromatic rings.